The van der Waals surface area contributed by atoms with Crippen LogP contribution in [0.5, 0.6) is 0 Å². The molecule has 0 radical (unpaired) electrons. The van der Waals surface area contributed by atoms with Gasteiger partial charge in [0, 0.05) is 12.6 Å². The largest absolute Gasteiger partial charge is 0.379 e. The number of aliphatic hydroxyl groups is 1. The topological polar surface area (TPSA) is 61.4 Å². The quantitative estimate of drug-likeness (QED) is 0.551. The molecule has 0 aromatic heterocycles. The van der Waals surface area contributed by atoms with Crippen LogP contribution in [-0.2, 0) is 4.79 Å². The van der Waals surface area contributed by atoms with Crippen LogP contribution in [0.1, 0.15) is 26.7 Å². The Bertz CT molecular complexity index is 186. The first-order valence-corrected chi connectivity index (χ1v) is 4.79. The summed E-state index contributed by atoms with van der Waals surface area (Å²) >= 11 is 0. The summed E-state index contributed by atoms with van der Waals surface area (Å²) < 4.78 is 0. The second-order valence-electron chi connectivity index (χ2n) is 3.94. The molecule has 1 saturated heterocycles. The third kappa shape index (κ3) is 2.67. The third-order valence-corrected chi connectivity index (χ3v) is 2.20. The predicted octanol–water partition coefficient (Wildman–Crippen LogP) is -0.374. The van der Waals surface area contributed by atoms with E-state index in [4.69, 9.17) is 0 Å². The standard InChI is InChI=1S/C9H18N2O2/c1-7(2)11-8(12)9(13)4-3-5-10-6-9/h7,10,13H,3-6H2,1-2H3,(H,11,12). The van der Waals surface area contributed by atoms with Crippen molar-refractivity contribution in [2.75, 3.05) is 13.1 Å². The van der Waals surface area contributed by atoms with Crippen molar-refractivity contribution in [1.29, 1.82) is 0 Å². The van der Waals surface area contributed by atoms with Crippen molar-refractivity contribution in [1.82, 2.24) is 10.6 Å². The van der Waals surface area contributed by atoms with Gasteiger partial charge in [-0.25, -0.2) is 0 Å². The van der Waals surface area contributed by atoms with Gasteiger partial charge in [-0.05, 0) is 33.2 Å². The number of β-amino-alcohol motifs (C(OH)–C–C–N with tert-alkyl or cyclic N) is 1. The van der Waals surface area contributed by atoms with Gasteiger partial charge in [0.25, 0.3) is 5.91 Å². The van der Waals surface area contributed by atoms with E-state index in [2.05, 4.69) is 10.6 Å². The van der Waals surface area contributed by atoms with Crippen LogP contribution in [-0.4, -0.2) is 35.7 Å². The zero-order valence-corrected chi connectivity index (χ0v) is 8.26. The van der Waals surface area contributed by atoms with Crippen molar-refractivity contribution in [2.24, 2.45) is 0 Å². The van der Waals surface area contributed by atoms with Crippen LogP contribution in [0, 0.1) is 0 Å². The summed E-state index contributed by atoms with van der Waals surface area (Å²) in [5, 5.41) is 15.7. The van der Waals surface area contributed by atoms with Crippen LogP contribution >= 0.6 is 0 Å². The Kier molecular flexibility index (Phi) is 3.27. The summed E-state index contributed by atoms with van der Waals surface area (Å²) in [7, 11) is 0. The highest BCUT2D eigenvalue weighted by molar-refractivity contribution is 5.85. The average Bonchev–Trinajstić information content (AvgIpc) is 2.04. The minimum absolute atomic E-state index is 0.0819. The van der Waals surface area contributed by atoms with Gasteiger partial charge in [-0.1, -0.05) is 0 Å². The number of carbonyl (C=O) groups excluding carboxylic acids is 1. The molecule has 1 amide bonds. The van der Waals surface area contributed by atoms with Crippen LogP contribution in [0.3, 0.4) is 0 Å². The van der Waals surface area contributed by atoms with Crippen LogP contribution in [0.4, 0.5) is 0 Å². The number of piperidine rings is 1. The molecule has 1 atom stereocenters. The van der Waals surface area contributed by atoms with E-state index in [-0.39, 0.29) is 11.9 Å². The monoisotopic (exact) mass is 186 g/mol. The molecule has 1 unspecified atom stereocenters. The van der Waals surface area contributed by atoms with Crippen LogP contribution in [0.25, 0.3) is 0 Å². The van der Waals surface area contributed by atoms with Gasteiger partial charge in [0.2, 0.25) is 0 Å². The number of hydrogen-bond donors (Lipinski definition) is 3. The molecule has 1 fully saturated rings. The second kappa shape index (κ2) is 4.07. The normalized spacial score (nSPS) is 28.9. The summed E-state index contributed by atoms with van der Waals surface area (Å²) in [4.78, 5) is 11.5. The molecule has 0 saturated carbocycles. The van der Waals surface area contributed by atoms with Crippen LogP contribution in [0.15, 0.2) is 0 Å². The lowest BCUT2D eigenvalue weighted by Gasteiger charge is -2.31. The van der Waals surface area contributed by atoms with Gasteiger partial charge < -0.3 is 15.7 Å². The SMILES string of the molecule is CC(C)NC(=O)C1(O)CCCNC1. The second-order valence-corrected chi connectivity index (χ2v) is 3.94. The Balaban J connectivity index is 2.51. The molecule has 0 aromatic carbocycles. The van der Waals surface area contributed by atoms with Crippen LogP contribution < -0.4 is 10.6 Å². The Labute approximate surface area is 78.7 Å². The molecule has 13 heavy (non-hydrogen) atoms. The van der Waals surface area contributed by atoms with Crippen molar-refractivity contribution in [3.63, 3.8) is 0 Å². The van der Waals surface area contributed by atoms with E-state index in [0.717, 1.165) is 13.0 Å². The van der Waals surface area contributed by atoms with E-state index in [9.17, 15) is 9.90 Å². The number of carbonyl (C=O) groups is 1. The summed E-state index contributed by atoms with van der Waals surface area (Å²) in [6, 6.07) is 0.0819. The van der Waals surface area contributed by atoms with Crippen molar-refractivity contribution < 1.29 is 9.90 Å². The van der Waals surface area contributed by atoms with E-state index in [0.29, 0.717) is 13.0 Å². The first kappa shape index (κ1) is 10.5. The van der Waals surface area contributed by atoms with Crippen molar-refractivity contribution >= 4 is 5.91 Å². The summed E-state index contributed by atoms with van der Waals surface area (Å²) in [5.41, 5.74) is -1.19. The summed E-state index contributed by atoms with van der Waals surface area (Å²) in [6.07, 6.45) is 1.40. The highest BCUT2D eigenvalue weighted by Crippen LogP contribution is 2.15. The lowest BCUT2D eigenvalue weighted by atomic mass is 9.93. The maximum atomic E-state index is 11.5. The Morgan fingerprint density at radius 2 is 2.31 bits per heavy atom. The smallest absolute Gasteiger partial charge is 0.253 e. The molecule has 0 bridgehead atoms. The highest BCUT2D eigenvalue weighted by atomic mass is 16.3. The third-order valence-electron chi connectivity index (χ3n) is 2.20. The molecule has 0 spiro atoms. The van der Waals surface area contributed by atoms with Gasteiger partial charge in [-0.2, -0.15) is 0 Å². The molecule has 4 nitrogen and oxygen atoms in total. The Morgan fingerprint density at radius 1 is 1.62 bits per heavy atom. The zero-order valence-electron chi connectivity index (χ0n) is 8.26. The fourth-order valence-corrected chi connectivity index (χ4v) is 1.48. The molecule has 76 valence electrons. The van der Waals surface area contributed by atoms with Gasteiger partial charge in [0.05, 0.1) is 0 Å². The van der Waals surface area contributed by atoms with E-state index >= 15 is 0 Å². The minimum Gasteiger partial charge on any atom is -0.379 e. The van der Waals surface area contributed by atoms with E-state index < -0.39 is 5.60 Å². The fraction of sp³-hybridized carbons (Fsp3) is 0.889. The molecule has 1 heterocycles. The number of hydrogen-bond acceptors (Lipinski definition) is 3. The summed E-state index contributed by atoms with van der Waals surface area (Å²) in [6.45, 7) is 5.03. The van der Waals surface area contributed by atoms with Gasteiger partial charge in [-0.15, -0.1) is 0 Å². The van der Waals surface area contributed by atoms with Gasteiger partial charge in [0.1, 0.15) is 0 Å². The van der Waals surface area contributed by atoms with Crippen molar-refractivity contribution in [2.45, 2.75) is 38.3 Å². The molecule has 1 rings (SSSR count). The Morgan fingerprint density at radius 3 is 2.77 bits per heavy atom. The predicted molar refractivity (Wildman–Crippen MR) is 50.3 cm³/mol. The van der Waals surface area contributed by atoms with Gasteiger partial charge >= 0.3 is 0 Å². The average molecular weight is 186 g/mol. The first-order valence-electron chi connectivity index (χ1n) is 4.79. The molecule has 3 N–H and O–H groups in total. The Hall–Kier alpha value is -0.610. The molecular weight excluding hydrogens is 168 g/mol. The fourth-order valence-electron chi connectivity index (χ4n) is 1.48. The highest BCUT2D eigenvalue weighted by Gasteiger charge is 2.37. The first-order chi connectivity index (χ1) is 6.04. The maximum Gasteiger partial charge on any atom is 0.253 e. The van der Waals surface area contributed by atoms with Crippen molar-refractivity contribution in [3.8, 4) is 0 Å². The lowest BCUT2D eigenvalue weighted by molar-refractivity contribution is -0.142. The molecule has 0 aromatic rings. The molecule has 1 aliphatic rings. The van der Waals surface area contributed by atoms with Crippen LogP contribution in [0.2, 0.25) is 0 Å². The lowest BCUT2D eigenvalue weighted by Crippen LogP contribution is -2.57. The van der Waals surface area contributed by atoms with Gasteiger partial charge in [-0.3, -0.25) is 4.79 Å². The zero-order chi connectivity index (χ0) is 9.90. The van der Waals surface area contributed by atoms with E-state index in [1.165, 1.54) is 0 Å². The number of rotatable bonds is 2. The maximum absolute atomic E-state index is 11.5. The molecule has 1 aliphatic heterocycles. The minimum atomic E-state index is -1.19. The molecular formula is C9H18N2O2. The number of nitrogens with one attached hydrogen (secondary N) is 2. The van der Waals surface area contributed by atoms with E-state index in [1.54, 1.807) is 0 Å². The van der Waals surface area contributed by atoms with E-state index in [1.807, 2.05) is 13.8 Å². The van der Waals surface area contributed by atoms with Gasteiger partial charge in [0.15, 0.2) is 5.60 Å². The summed E-state index contributed by atoms with van der Waals surface area (Å²) in [5.74, 6) is -0.255. The molecule has 4 heteroatoms. The molecule has 0 aliphatic carbocycles. The van der Waals surface area contributed by atoms with Crippen molar-refractivity contribution in [3.05, 3.63) is 0 Å². The number of amides is 1.